The lowest BCUT2D eigenvalue weighted by molar-refractivity contribution is 1.04. The van der Waals surface area contributed by atoms with Crippen LogP contribution in [0.4, 0.5) is 0 Å². The highest BCUT2D eigenvalue weighted by Gasteiger charge is 2.04. The van der Waals surface area contributed by atoms with Crippen LogP contribution in [0.2, 0.25) is 0 Å². The second kappa shape index (κ2) is 6.71. The number of hydrogen-bond acceptors (Lipinski definition) is 1. The van der Waals surface area contributed by atoms with E-state index in [0.29, 0.717) is 9.45 Å². The minimum atomic E-state index is 0.464. The Morgan fingerprint density at radius 3 is 1.82 bits per heavy atom. The van der Waals surface area contributed by atoms with Gasteiger partial charge in [0.1, 0.15) is 0 Å². The van der Waals surface area contributed by atoms with Crippen LogP contribution in [0, 0.1) is 0 Å². The Morgan fingerprint density at radius 2 is 1.55 bits per heavy atom. The van der Waals surface area contributed by atoms with E-state index in [4.69, 9.17) is 11.2 Å². The lowest BCUT2D eigenvalue weighted by Crippen LogP contribution is -2.14. The standard InChI is InChI=1S/C6H14S5/c1-5(2)11(6(3)4)10-9-8-7/h5-6H,1-4H3. The molecule has 0 aliphatic rings. The van der Waals surface area contributed by atoms with Gasteiger partial charge in [-0.3, -0.25) is 0 Å². The highest BCUT2D eigenvalue weighted by atomic mass is 33.3. The number of hydrogen-bond donors (Lipinski definition) is 0. The molecule has 0 radical (unpaired) electrons. The minimum absolute atomic E-state index is 0.464. The first kappa shape index (κ1) is 12.2. The summed E-state index contributed by atoms with van der Waals surface area (Å²) in [6.45, 7) is 9.13. The molecule has 0 nitrogen and oxygen atoms in total. The van der Waals surface area contributed by atoms with Gasteiger partial charge in [0.2, 0.25) is 0 Å². The molecular weight excluding hydrogens is 232 g/mol. The minimum Gasteiger partial charge on any atom is -0.116 e. The maximum atomic E-state index is 4.81. The molecular formula is C6H14S5. The molecule has 11 heavy (non-hydrogen) atoms. The normalized spacial score (nSPS) is 10.8. The molecule has 0 amide bonds. The molecule has 0 aromatic carbocycles. The molecule has 68 valence electrons. The average molecular weight is 247 g/mol. The molecule has 0 aliphatic heterocycles. The molecule has 0 N–H and O–H groups in total. The Balaban J connectivity index is 4.91. The van der Waals surface area contributed by atoms with Gasteiger partial charge in [-0.15, -0.1) is 9.45 Å². The van der Waals surface area contributed by atoms with E-state index < -0.39 is 0 Å². The van der Waals surface area contributed by atoms with E-state index in [1.54, 1.807) is 8.88 Å². The maximum Gasteiger partial charge on any atom is 0.00394 e. The summed E-state index contributed by atoms with van der Waals surface area (Å²) in [6.07, 6.45) is 0. The molecule has 0 aromatic rings. The molecule has 0 aliphatic carbocycles. The van der Waals surface area contributed by atoms with E-state index in [1.165, 1.54) is 8.88 Å². The van der Waals surface area contributed by atoms with Crippen LogP contribution in [0.15, 0.2) is 0 Å². The van der Waals surface area contributed by atoms with Gasteiger partial charge in [0.15, 0.2) is 0 Å². The largest absolute Gasteiger partial charge is 0.116 e. The molecule has 0 fully saturated rings. The monoisotopic (exact) mass is 246 g/mol. The fourth-order valence-electron chi connectivity index (χ4n) is 0.745. The smallest absolute Gasteiger partial charge is 0.00394 e. The van der Waals surface area contributed by atoms with Crippen molar-refractivity contribution in [1.82, 2.24) is 0 Å². The zero-order valence-corrected chi connectivity index (χ0v) is 11.3. The van der Waals surface area contributed by atoms with E-state index in [1.807, 2.05) is 8.88 Å². The predicted molar refractivity (Wildman–Crippen MR) is 67.1 cm³/mol. The van der Waals surface area contributed by atoms with Crippen LogP contribution in [-0.2, 0) is 47.3 Å². The average Bonchev–Trinajstić information content (AvgIpc) is 1.87. The summed E-state index contributed by atoms with van der Waals surface area (Å²) in [5.74, 6) is 0. The van der Waals surface area contributed by atoms with Crippen LogP contribution < -0.4 is 0 Å². The van der Waals surface area contributed by atoms with Crippen molar-refractivity contribution in [2.24, 2.45) is 0 Å². The van der Waals surface area contributed by atoms with Gasteiger partial charge in [0.25, 0.3) is 0 Å². The van der Waals surface area contributed by atoms with Crippen molar-refractivity contribution in [3.63, 3.8) is 0 Å². The molecule has 0 saturated carbocycles. The molecule has 0 rings (SSSR count). The summed E-state index contributed by atoms with van der Waals surface area (Å²) in [5, 5.41) is 1.55. The molecule has 0 unspecified atom stereocenters. The molecule has 0 aromatic heterocycles. The highest BCUT2D eigenvalue weighted by Crippen LogP contribution is 2.02. The van der Waals surface area contributed by atoms with E-state index in [-0.39, 0.29) is 0 Å². The Hall–Kier alpha value is 1.23. The van der Waals surface area contributed by atoms with Gasteiger partial charge in [0.05, 0.1) is 0 Å². The third kappa shape index (κ3) is 5.47. The van der Waals surface area contributed by atoms with E-state index in [0.717, 1.165) is 10.5 Å². The second-order valence-electron chi connectivity index (χ2n) is 2.63. The zero-order valence-electron chi connectivity index (χ0n) is 7.20. The summed E-state index contributed by atoms with van der Waals surface area (Å²) in [7, 11) is 5.57. The highest BCUT2D eigenvalue weighted by molar-refractivity contribution is 8.64. The van der Waals surface area contributed by atoms with Crippen LogP contribution in [0.25, 0.3) is 0 Å². The van der Waals surface area contributed by atoms with Crippen molar-refractivity contribution in [1.29, 1.82) is 0 Å². The van der Waals surface area contributed by atoms with Gasteiger partial charge in [-0.1, -0.05) is 27.7 Å². The van der Waals surface area contributed by atoms with Gasteiger partial charge < -0.3 is 0 Å². The Bertz CT molecular complexity index is 226. The third-order valence-electron chi connectivity index (χ3n) is 1.06. The van der Waals surface area contributed by atoms with Crippen LogP contribution in [0.5, 0.6) is 0 Å². The Morgan fingerprint density at radius 1 is 1.09 bits per heavy atom. The quantitative estimate of drug-likeness (QED) is 0.717. The summed E-state index contributed by atoms with van der Waals surface area (Å²) < 4.78 is 0. The van der Waals surface area contributed by atoms with Gasteiger partial charge in [-0.25, -0.2) is 0 Å². The van der Waals surface area contributed by atoms with Gasteiger partial charge in [-0.05, 0) is 37.8 Å². The first-order chi connectivity index (χ1) is 5.09. The molecule has 0 saturated heterocycles. The van der Waals surface area contributed by atoms with Crippen molar-refractivity contribution >= 4 is 47.3 Å². The van der Waals surface area contributed by atoms with Crippen molar-refractivity contribution in [2.75, 3.05) is 0 Å². The fourth-order valence-corrected chi connectivity index (χ4v) is 11.2. The van der Waals surface area contributed by atoms with Gasteiger partial charge in [-0.2, -0.15) is 0 Å². The Kier molecular flexibility index (Phi) is 7.47. The zero-order chi connectivity index (χ0) is 8.85. The van der Waals surface area contributed by atoms with Gasteiger partial charge in [0, 0.05) is 10.5 Å². The summed E-state index contributed by atoms with van der Waals surface area (Å²) in [6, 6.07) is 0. The topological polar surface area (TPSA) is 0 Å². The van der Waals surface area contributed by atoms with Crippen LogP contribution in [0.1, 0.15) is 27.7 Å². The molecule has 0 heterocycles. The SMILES string of the molecule is CC(C)S(=S=S=S=S)C(C)C. The van der Waals surface area contributed by atoms with Crippen molar-refractivity contribution in [3.05, 3.63) is 0 Å². The van der Waals surface area contributed by atoms with E-state index in [9.17, 15) is 0 Å². The van der Waals surface area contributed by atoms with Gasteiger partial charge >= 0.3 is 0 Å². The summed E-state index contributed by atoms with van der Waals surface area (Å²) in [5.41, 5.74) is 0. The summed E-state index contributed by atoms with van der Waals surface area (Å²) >= 11 is 4.81. The molecule has 0 atom stereocenters. The first-order valence-corrected chi connectivity index (χ1v) is 9.72. The number of rotatable bonds is 2. The van der Waals surface area contributed by atoms with Crippen LogP contribution >= 0.6 is 0 Å². The second-order valence-corrected chi connectivity index (χ2v) is 11.6. The van der Waals surface area contributed by atoms with Crippen molar-refractivity contribution in [2.45, 2.75) is 38.2 Å². The molecule has 0 spiro atoms. The third-order valence-corrected chi connectivity index (χ3v) is 11.7. The van der Waals surface area contributed by atoms with Crippen molar-refractivity contribution in [3.8, 4) is 0 Å². The van der Waals surface area contributed by atoms with E-state index >= 15 is 0 Å². The van der Waals surface area contributed by atoms with Crippen molar-refractivity contribution < 1.29 is 0 Å². The predicted octanol–water partition coefficient (Wildman–Crippen LogP) is 1.88. The lowest BCUT2D eigenvalue weighted by atomic mass is 10.6. The first-order valence-electron chi connectivity index (χ1n) is 3.45. The van der Waals surface area contributed by atoms with E-state index in [2.05, 4.69) is 27.7 Å². The summed E-state index contributed by atoms with van der Waals surface area (Å²) in [4.78, 5) is 0. The fraction of sp³-hybridized carbons (Fsp3) is 1.00. The lowest BCUT2D eigenvalue weighted by Gasteiger charge is -2.12. The van der Waals surface area contributed by atoms with Crippen LogP contribution in [0.3, 0.4) is 0 Å². The maximum absolute atomic E-state index is 4.81. The Labute approximate surface area is 85.0 Å². The van der Waals surface area contributed by atoms with Crippen LogP contribution in [-0.4, -0.2) is 10.5 Å². The molecule has 0 bridgehead atoms. The molecule has 5 heteroatoms.